The number of benzene rings is 8. The molecule has 1 aliphatic rings. The van der Waals surface area contributed by atoms with Crippen LogP contribution < -0.4 is 4.74 Å². The molecule has 47 heavy (non-hydrogen) atoms. The van der Waals surface area contributed by atoms with E-state index in [1.54, 1.807) is 0 Å². The quantitative estimate of drug-likeness (QED) is 0.189. The lowest BCUT2D eigenvalue weighted by atomic mass is 9.92. The van der Waals surface area contributed by atoms with Crippen LogP contribution >= 0.6 is 0 Å². The number of hydrogen-bond acceptors (Lipinski definition) is 4. The smallest absolute Gasteiger partial charge is 0.164 e. The van der Waals surface area contributed by atoms with Crippen LogP contribution in [0.2, 0.25) is 0 Å². The van der Waals surface area contributed by atoms with Gasteiger partial charge < -0.3 is 4.74 Å². The minimum atomic E-state index is 0.601. The number of fused-ring (bicyclic) bond motifs is 1. The molecule has 8 aromatic carbocycles. The number of hydrogen-bond donors (Lipinski definition) is 0. The molecule has 10 rings (SSSR count). The van der Waals surface area contributed by atoms with Gasteiger partial charge in [-0.3, -0.25) is 0 Å². The summed E-state index contributed by atoms with van der Waals surface area (Å²) in [4.78, 5) is 15.3. The van der Waals surface area contributed by atoms with Gasteiger partial charge in [0.05, 0.1) is 0 Å². The van der Waals surface area contributed by atoms with Gasteiger partial charge >= 0.3 is 0 Å². The molecule has 0 aliphatic carbocycles. The highest BCUT2D eigenvalue weighted by molar-refractivity contribution is 6.25. The first-order chi connectivity index (χ1) is 23.3. The van der Waals surface area contributed by atoms with Gasteiger partial charge in [0, 0.05) is 32.8 Å². The second-order valence-corrected chi connectivity index (χ2v) is 12.0. The Morgan fingerprint density at radius 1 is 0.340 bits per heavy atom. The molecule has 0 fully saturated rings. The number of ether oxygens (including phenoxy) is 1. The van der Waals surface area contributed by atoms with Crippen molar-refractivity contribution in [3.63, 3.8) is 0 Å². The van der Waals surface area contributed by atoms with Crippen LogP contribution in [0.4, 0.5) is 0 Å². The molecule has 0 bridgehead atoms. The maximum absolute atomic E-state index is 6.62. The van der Waals surface area contributed by atoms with Crippen molar-refractivity contribution in [2.24, 2.45) is 0 Å². The average Bonchev–Trinajstić information content (AvgIpc) is 3.14. The van der Waals surface area contributed by atoms with E-state index in [4.69, 9.17) is 19.7 Å². The van der Waals surface area contributed by atoms with E-state index in [0.29, 0.717) is 17.5 Å². The summed E-state index contributed by atoms with van der Waals surface area (Å²) in [6.07, 6.45) is 0. The highest BCUT2D eigenvalue weighted by Crippen LogP contribution is 2.48. The predicted molar refractivity (Wildman–Crippen MR) is 192 cm³/mol. The van der Waals surface area contributed by atoms with Gasteiger partial charge in [0.2, 0.25) is 0 Å². The molecule has 0 spiro atoms. The molecular formula is C43H25N3O. The molecule has 218 valence electrons. The van der Waals surface area contributed by atoms with Crippen molar-refractivity contribution in [2.75, 3.05) is 0 Å². The second kappa shape index (κ2) is 10.1. The third-order valence-electron chi connectivity index (χ3n) is 9.26. The molecule has 0 radical (unpaired) electrons. The molecule has 4 nitrogen and oxygen atoms in total. The summed E-state index contributed by atoms with van der Waals surface area (Å²) in [6.45, 7) is 0. The molecule has 4 heteroatoms. The predicted octanol–water partition coefficient (Wildman–Crippen LogP) is 11.3. The van der Waals surface area contributed by atoms with Crippen LogP contribution in [0.5, 0.6) is 11.5 Å². The zero-order chi connectivity index (χ0) is 30.9. The lowest BCUT2D eigenvalue weighted by Gasteiger charge is -2.21. The summed E-state index contributed by atoms with van der Waals surface area (Å²) in [7, 11) is 0. The van der Waals surface area contributed by atoms with E-state index in [1.807, 2.05) is 36.4 Å². The SMILES string of the molecule is c1ccc(-c2nc(-c3cc4c5c(ccc6ccc7cccc(c7c65)O4)c3)nc(-c3cccc4c(-c5ccccc5)cccc34)n2)cc1. The van der Waals surface area contributed by atoms with Crippen LogP contribution in [-0.2, 0) is 0 Å². The minimum absolute atomic E-state index is 0.601. The summed E-state index contributed by atoms with van der Waals surface area (Å²) >= 11 is 0. The molecule has 0 unspecified atom stereocenters. The topological polar surface area (TPSA) is 47.9 Å². The summed E-state index contributed by atoms with van der Waals surface area (Å²) in [6, 6.07) is 52.7. The van der Waals surface area contributed by atoms with Gasteiger partial charge in [0.25, 0.3) is 0 Å². The van der Waals surface area contributed by atoms with E-state index in [2.05, 4.69) is 115 Å². The van der Waals surface area contributed by atoms with Crippen molar-refractivity contribution < 1.29 is 4.74 Å². The zero-order valence-corrected chi connectivity index (χ0v) is 25.2. The molecule has 0 saturated heterocycles. The molecule has 9 aromatic rings. The molecule has 2 heterocycles. The Morgan fingerprint density at radius 2 is 0.915 bits per heavy atom. The maximum atomic E-state index is 6.62. The summed E-state index contributed by atoms with van der Waals surface area (Å²) in [5.41, 5.74) is 5.12. The lowest BCUT2D eigenvalue weighted by molar-refractivity contribution is 0.493. The van der Waals surface area contributed by atoms with E-state index in [0.717, 1.165) is 55.1 Å². The maximum Gasteiger partial charge on any atom is 0.164 e. The van der Waals surface area contributed by atoms with Gasteiger partial charge in [-0.05, 0) is 56.3 Å². The second-order valence-electron chi connectivity index (χ2n) is 12.0. The molecule has 1 aliphatic heterocycles. The third kappa shape index (κ3) is 4.05. The Hall–Kier alpha value is -6.39. The van der Waals surface area contributed by atoms with E-state index in [-0.39, 0.29) is 0 Å². The van der Waals surface area contributed by atoms with E-state index < -0.39 is 0 Å². The van der Waals surface area contributed by atoms with Gasteiger partial charge in [-0.25, -0.2) is 15.0 Å². The number of rotatable bonds is 4. The van der Waals surface area contributed by atoms with Crippen LogP contribution in [-0.4, -0.2) is 15.0 Å². The molecule has 0 saturated carbocycles. The Morgan fingerprint density at radius 3 is 1.68 bits per heavy atom. The summed E-state index contributed by atoms with van der Waals surface area (Å²) in [5, 5.41) is 9.23. The lowest BCUT2D eigenvalue weighted by Crippen LogP contribution is -2.01. The van der Waals surface area contributed by atoms with Crippen LogP contribution in [0.1, 0.15) is 0 Å². The van der Waals surface area contributed by atoms with Crippen LogP contribution in [0.15, 0.2) is 152 Å². The zero-order valence-electron chi connectivity index (χ0n) is 25.2. The van der Waals surface area contributed by atoms with E-state index in [9.17, 15) is 0 Å². The van der Waals surface area contributed by atoms with Crippen molar-refractivity contribution >= 4 is 43.1 Å². The van der Waals surface area contributed by atoms with Crippen molar-refractivity contribution in [2.45, 2.75) is 0 Å². The van der Waals surface area contributed by atoms with Gasteiger partial charge in [-0.15, -0.1) is 0 Å². The van der Waals surface area contributed by atoms with Crippen molar-refractivity contribution in [1.29, 1.82) is 0 Å². The summed E-state index contributed by atoms with van der Waals surface area (Å²) in [5.74, 6) is 3.54. The van der Waals surface area contributed by atoms with Crippen LogP contribution in [0.25, 0.3) is 88.4 Å². The fourth-order valence-corrected chi connectivity index (χ4v) is 7.11. The van der Waals surface area contributed by atoms with Gasteiger partial charge in [-0.2, -0.15) is 0 Å². The highest BCUT2D eigenvalue weighted by Gasteiger charge is 2.22. The number of nitrogens with zero attached hydrogens (tertiary/aromatic N) is 3. The molecule has 0 amide bonds. The van der Waals surface area contributed by atoms with Crippen molar-refractivity contribution in [1.82, 2.24) is 15.0 Å². The van der Waals surface area contributed by atoms with Gasteiger partial charge in [0.1, 0.15) is 11.5 Å². The Kier molecular flexibility index (Phi) is 5.54. The highest BCUT2D eigenvalue weighted by atomic mass is 16.5. The summed E-state index contributed by atoms with van der Waals surface area (Å²) < 4.78 is 6.62. The normalized spacial score (nSPS) is 12.0. The third-order valence-corrected chi connectivity index (χ3v) is 9.26. The van der Waals surface area contributed by atoms with E-state index >= 15 is 0 Å². The van der Waals surface area contributed by atoms with Crippen LogP contribution in [0, 0.1) is 0 Å². The Balaban J connectivity index is 1.22. The molecular weight excluding hydrogens is 574 g/mol. The first-order valence-electron chi connectivity index (χ1n) is 15.8. The molecule has 1 aromatic heterocycles. The average molecular weight is 600 g/mol. The molecule has 0 N–H and O–H groups in total. The Bertz CT molecular complexity index is 2700. The number of aromatic nitrogens is 3. The first kappa shape index (κ1) is 25.9. The minimum Gasteiger partial charge on any atom is -0.456 e. The van der Waals surface area contributed by atoms with E-state index in [1.165, 1.54) is 27.3 Å². The largest absolute Gasteiger partial charge is 0.456 e. The van der Waals surface area contributed by atoms with Gasteiger partial charge in [0.15, 0.2) is 17.5 Å². The fraction of sp³-hybridized carbons (Fsp3) is 0. The monoisotopic (exact) mass is 599 g/mol. The Labute approximate surface area is 270 Å². The molecule has 0 atom stereocenters. The van der Waals surface area contributed by atoms with Crippen molar-refractivity contribution in [3.8, 4) is 56.8 Å². The van der Waals surface area contributed by atoms with Crippen molar-refractivity contribution in [3.05, 3.63) is 152 Å². The fourth-order valence-electron chi connectivity index (χ4n) is 7.11. The van der Waals surface area contributed by atoms with Crippen LogP contribution in [0.3, 0.4) is 0 Å². The standard InChI is InChI=1S/C43H25N3O/c1-3-10-26(11-4-1)32-15-8-17-34-33(32)16-9-18-35(34)43-45-41(29-12-5-2-6-13-29)44-42(46-43)31-24-30-23-22-28-21-20-27-14-7-19-36-38(27)40(28)39(30)37(25-31)47-36/h1-25H. The first-order valence-corrected chi connectivity index (χ1v) is 15.8. The van der Waals surface area contributed by atoms with Gasteiger partial charge in [-0.1, -0.05) is 133 Å².